The fourth-order valence-corrected chi connectivity index (χ4v) is 5.36. The van der Waals surface area contributed by atoms with Crippen molar-refractivity contribution in [1.82, 2.24) is 15.3 Å². The molecule has 0 unspecified atom stereocenters. The van der Waals surface area contributed by atoms with Crippen molar-refractivity contribution in [3.63, 3.8) is 0 Å². The Hall–Kier alpha value is -3.49. The van der Waals surface area contributed by atoms with Gasteiger partial charge < -0.3 is 19.5 Å². The number of nitrogens with one attached hydrogen (secondary N) is 1. The lowest BCUT2D eigenvalue weighted by Gasteiger charge is -2.37. The number of halogens is 1. The number of aryl methyl sites for hydroxylation is 1. The highest BCUT2D eigenvalue weighted by Gasteiger charge is 2.20. The molecule has 0 radical (unpaired) electrons. The van der Waals surface area contributed by atoms with Crippen LogP contribution in [-0.2, 0) is 12.3 Å². The quantitative estimate of drug-likeness (QED) is 0.180. The number of hydrogen-bond acceptors (Lipinski definition) is 7. The average molecular weight is 534 g/mol. The van der Waals surface area contributed by atoms with Gasteiger partial charge in [-0.2, -0.15) is 0 Å². The van der Waals surface area contributed by atoms with Crippen molar-refractivity contribution in [3.05, 3.63) is 101 Å². The molecule has 0 atom stereocenters. The van der Waals surface area contributed by atoms with Crippen LogP contribution in [-0.4, -0.2) is 42.1 Å². The Kier molecular flexibility index (Phi) is 7.96. The van der Waals surface area contributed by atoms with Crippen LogP contribution in [0.25, 0.3) is 0 Å². The van der Waals surface area contributed by atoms with E-state index in [2.05, 4.69) is 51.3 Å². The Morgan fingerprint density at radius 3 is 2.59 bits per heavy atom. The maximum absolute atomic E-state index is 12.6. The van der Waals surface area contributed by atoms with Crippen LogP contribution in [0.5, 0.6) is 0 Å². The first-order valence-electron chi connectivity index (χ1n) is 12.2. The summed E-state index contributed by atoms with van der Waals surface area (Å²) in [6, 6.07) is 21.5. The van der Waals surface area contributed by atoms with Gasteiger partial charge in [0.2, 0.25) is 0 Å². The second-order valence-corrected chi connectivity index (χ2v) is 10.2. The Bertz CT molecular complexity index is 1360. The minimum Gasteiger partial charge on any atom is -0.467 e. The molecule has 37 heavy (non-hydrogen) atoms. The monoisotopic (exact) mass is 533 g/mol. The van der Waals surface area contributed by atoms with Crippen molar-refractivity contribution in [2.75, 3.05) is 36.0 Å². The zero-order valence-corrected chi connectivity index (χ0v) is 22.1. The van der Waals surface area contributed by atoms with Crippen molar-refractivity contribution >= 4 is 40.8 Å². The van der Waals surface area contributed by atoms with Crippen LogP contribution in [0.1, 0.15) is 27.2 Å². The molecule has 0 spiro atoms. The van der Waals surface area contributed by atoms with Crippen molar-refractivity contribution in [3.8, 4) is 0 Å². The van der Waals surface area contributed by atoms with E-state index in [1.54, 1.807) is 18.4 Å². The highest BCUT2D eigenvalue weighted by Crippen LogP contribution is 2.27. The highest BCUT2D eigenvalue weighted by molar-refractivity contribution is 7.98. The lowest BCUT2D eigenvalue weighted by molar-refractivity contribution is 0.0948. The molecule has 2 aromatic carbocycles. The molecule has 4 aromatic rings. The fourth-order valence-electron chi connectivity index (χ4n) is 4.34. The maximum Gasteiger partial charge on any atom is 0.251 e. The summed E-state index contributed by atoms with van der Waals surface area (Å²) in [4.78, 5) is 26.4. The van der Waals surface area contributed by atoms with E-state index in [0.717, 1.165) is 37.6 Å². The number of carbonyl (C=O) groups is 1. The van der Waals surface area contributed by atoms with Gasteiger partial charge in [-0.3, -0.25) is 4.79 Å². The van der Waals surface area contributed by atoms with Gasteiger partial charge in [0.15, 0.2) is 5.16 Å². The van der Waals surface area contributed by atoms with Crippen molar-refractivity contribution < 1.29 is 9.21 Å². The van der Waals surface area contributed by atoms with Crippen molar-refractivity contribution in [1.29, 1.82) is 0 Å². The Balaban J connectivity index is 1.19. The molecule has 0 saturated carbocycles. The summed E-state index contributed by atoms with van der Waals surface area (Å²) in [5.74, 6) is 2.04. The fraction of sp³-hybridized carbons (Fsp3) is 0.250. The van der Waals surface area contributed by atoms with E-state index in [9.17, 15) is 4.79 Å². The summed E-state index contributed by atoms with van der Waals surface area (Å²) in [5.41, 5.74) is 4.19. The van der Waals surface area contributed by atoms with Gasteiger partial charge in [0.05, 0.1) is 12.8 Å². The Labute approximate surface area is 225 Å². The SMILES string of the molecule is Cc1ccccc1N1CCN(c2cc(Cl)nc(SCc3cccc(C(=O)NCc4ccco4)c3)n2)CC1. The summed E-state index contributed by atoms with van der Waals surface area (Å²) in [5, 5.41) is 3.93. The molecule has 3 heterocycles. The molecule has 2 aromatic heterocycles. The average Bonchev–Trinajstić information content (AvgIpc) is 3.45. The summed E-state index contributed by atoms with van der Waals surface area (Å²) >= 11 is 7.88. The van der Waals surface area contributed by atoms with Gasteiger partial charge in [0, 0.05) is 49.2 Å². The normalized spacial score (nSPS) is 13.6. The molecule has 7 nitrogen and oxygen atoms in total. The van der Waals surface area contributed by atoms with E-state index in [-0.39, 0.29) is 5.91 Å². The van der Waals surface area contributed by atoms with E-state index >= 15 is 0 Å². The van der Waals surface area contributed by atoms with Gasteiger partial charge >= 0.3 is 0 Å². The largest absolute Gasteiger partial charge is 0.467 e. The molecule has 9 heteroatoms. The lowest BCUT2D eigenvalue weighted by Crippen LogP contribution is -2.47. The van der Waals surface area contributed by atoms with Crippen LogP contribution < -0.4 is 15.1 Å². The van der Waals surface area contributed by atoms with Crippen LogP contribution in [0.2, 0.25) is 5.15 Å². The number of furan rings is 1. The van der Waals surface area contributed by atoms with Gasteiger partial charge in [0.25, 0.3) is 5.91 Å². The van der Waals surface area contributed by atoms with Crippen LogP contribution >= 0.6 is 23.4 Å². The smallest absolute Gasteiger partial charge is 0.251 e. The van der Waals surface area contributed by atoms with E-state index in [1.165, 1.54) is 23.0 Å². The first kappa shape index (κ1) is 25.2. The van der Waals surface area contributed by atoms with Crippen LogP contribution in [0.4, 0.5) is 11.5 Å². The first-order chi connectivity index (χ1) is 18.0. The Morgan fingerprint density at radius 1 is 1.00 bits per heavy atom. The molecule has 190 valence electrons. The van der Waals surface area contributed by atoms with Gasteiger partial charge in [0.1, 0.15) is 16.7 Å². The molecular formula is C28H28ClN5O2S. The summed E-state index contributed by atoms with van der Waals surface area (Å²) in [6.45, 7) is 6.07. The van der Waals surface area contributed by atoms with E-state index in [0.29, 0.717) is 33.9 Å². The number of para-hydroxylation sites is 1. The third-order valence-electron chi connectivity index (χ3n) is 6.28. The van der Waals surface area contributed by atoms with Crippen LogP contribution in [0.3, 0.4) is 0 Å². The third kappa shape index (κ3) is 6.45. The predicted molar refractivity (Wildman–Crippen MR) is 149 cm³/mol. The summed E-state index contributed by atoms with van der Waals surface area (Å²) in [6.07, 6.45) is 1.59. The van der Waals surface area contributed by atoms with Crippen LogP contribution in [0, 0.1) is 6.92 Å². The predicted octanol–water partition coefficient (Wildman–Crippen LogP) is 5.58. The second-order valence-electron chi connectivity index (χ2n) is 8.84. The number of amides is 1. The minimum absolute atomic E-state index is 0.144. The summed E-state index contributed by atoms with van der Waals surface area (Å²) < 4.78 is 5.28. The van der Waals surface area contributed by atoms with Crippen molar-refractivity contribution in [2.45, 2.75) is 24.4 Å². The molecular weight excluding hydrogens is 506 g/mol. The molecule has 0 bridgehead atoms. The number of aromatic nitrogens is 2. The number of rotatable bonds is 8. The second kappa shape index (κ2) is 11.7. The number of piperazine rings is 1. The van der Waals surface area contributed by atoms with Gasteiger partial charge in [-0.15, -0.1) is 0 Å². The standard InChI is InChI=1S/C28H28ClN5O2S/c1-20-6-2-3-10-24(20)33-11-13-34(14-12-33)26-17-25(29)31-28(32-26)37-19-21-7-4-8-22(16-21)27(35)30-18-23-9-5-15-36-23/h2-10,15-17H,11-14,18-19H2,1H3,(H,30,35). The third-order valence-corrected chi connectivity index (χ3v) is 7.39. The van der Waals surface area contributed by atoms with Crippen molar-refractivity contribution in [2.24, 2.45) is 0 Å². The number of benzene rings is 2. The molecule has 1 aliphatic heterocycles. The summed E-state index contributed by atoms with van der Waals surface area (Å²) in [7, 11) is 0. The Morgan fingerprint density at radius 2 is 1.81 bits per heavy atom. The van der Waals surface area contributed by atoms with Gasteiger partial charge in [-0.25, -0.2) is 9.97 Å². The molecule has 1 amide bonds. The zero-order chi connectivity index (χ0) is 25.6. The van der Waals surface area contributed by atoms with Crippen LogP contribution in [0.15, 0.2) is 82.6 Å². The van der Waals surface area contributed by atoms with Gasteiger partial charge in [-0.05, 0) is 48.4 Å². The molecule has 1 aliphatic rings. The molecule has 0 aliphatic carbocycles. The number of hydrogen-bond donors (Lipinski definition) is 1. The lowest BCUT2D eigenvalue weighted by atomic mass is 10.1. The number of nitrogens with zero attached hydrogens (tertiary/aromatic N) is 4. The molecule has 1 fully saturated rings. The van der Waals surface area contributed by atoms with E-state index < -0.39 is 0 Å². The number of anilines is 2. The zero-order valence-electron chi connectivity index (χ0n) is 20.6. The van der Waals surface area contributed by atoms with E-state index in [4.69, 9.17) is 21.0 Å². The van der Waals surface area contributed by atoms with Gasteiger partial charge in [-0.1, -0.05) is 53.7 Å². The highest BCUT2D eigenvalue weighted by atomic mass is 35.5. The first-order valence-corrected chi connectivity index (χ1v) is 13.5. The topological polar surface area (TPSA) is 74.5 Å². The molecule has 1 N–H and O–H groups in total. The molecule has 1 saturated heterocycles. The number of carbonyl (C=O) groups excluding carboxylic acids is 1. The maximum atomic E-state index is 12.6. The molecule has 5 rings (SSSR count). The van der Waals surface area contributed by atoms with E-state index in [1.807, 2.05) is 30.3 Å². The minimum atomic E-state index is -0.144. The number of thioether (sulfide) groups is 1.